The van der Waals surface area contributed by atoms with Gasteiger partial charge in [-0.15, -0.1) is 0 Å². The van der Waals surface area contributed by atoms with E-state index in [0.717, 1.165) is 6.26 Å². The summed E-state index contributed by atoms with van der Waals surface area (Å²) >= 11 is 0. The van der Waals surface area contributed by atoms with Crippen LogP contribution in [-0.4, -0.2) is 20.6 Å². The second kappa shape index (κ2) is 5.92. The Labute approximate surface area is 121 Å². The van der Waals surface area contributed by atoms with Gasteiger partial charge in [-0.05, 0) is 30.3 Å². The van der Waals surface area contributed by atoms with E-state index in [-0.39, 0.29) is 16.9 Å². The predicted molar refractivity (Wildman–Crippen MR) is 79.3 cm³/mol. The van der Waals surface area contributed by atoms with Gasteiger partial charge in [-0.1, -0.05) is 18.2 Å². The lowest BCUT2D eigenvalue weighted by Gasteiger charge is -2.11. The third-order valence-corrected chi connectivity index (χ3v) is 3.14. The molecule has 2 aromatic rings. The molecule has 1 amide bonds. The molecule has 0 aromatic heterocycles. The van der Waals surface area contributed by atoms with Crippen molar-refractivity contribution in [2.45, 2.75) is 0 Å². The minimum absolute atomic E-state index is 0.146. The number of para-hydroxylation sites is 1. The third kappa shape index (κ3) is 4.28. The van der Waals surface area contributed by atoms with Crippen LogP contribution < -0.4 is 10.0 Å². The summed E-state index contributed by atoms with van der Waals surface area (Å²) in [6.45, 7) is 0. The van der Waals surface area contributed by atoms with Crippen LogP contribution in [0.15, 0.2) is 48.5 Å². The zero-order valence-electron chi connectivity index (χ0n) is 11.1. The number of benzene rings is 2. The average molecular weight is 308 g/mol. The number of carbonyl (C=O) groups excluding carboxylic acids is 1. The highest BCUT2D eigenvalue weighted by Gasteiger charge is 2.13. The highest BCUT2D eigenvalue weighted by atomic mass is 32.2. The van der Waals surface area contributed by atoms with Crippen molar-refractivity contribution in [3.8, 4) is 0 Å². The van der Waals surface area contributed by atoms with E-state index in [1.807, 2.05) is 0 Å². The number of carbonyl (C=O) groups is 1. The molecule has 5 nitrogen and oxygen atoms in total. The summed E-state index contributed by atoms with van der Waals surface area (Å²) in [5, 5.41) is 2.51. The molecule has 0 spiro atoms. The topological polar surface area (TPSA) is 75.3 Å². The molecule has 0 unspecified atom stereocenters. The van der Waals surface area contributed by atoms with Crippen molar-refractivity contribution in [2.24, 2.45) is 0 Å². The smallest absolute Gasteiger partial charge is 0.257 e. The molecule has 0 radical (unpaired) electrons. The molecule has 2 N–H and O–H groups in total. The Hall–Kier alpha value is -2.41. The predicted octanol–water partition coefficient (Wildman–Crippen LogP) is 2.45. The number of halogens is 1. The maximum Gasteiger partial charge on any atom is 0.257 e. The number of hydrogen-bond acceptors (Lipinski definition) is 3. The Kier molecular flexibility index (Phi) is 4.23. The van der Waals surface area contributed by atoms with Gasteiger partial charge in [-0.2, -0.15) is 0 Å². The van der Waals surface area contributed by atoms with Crippen LogP contribution in [0.1, 0.15) is 10.4 Å². The van der Waals surface area contributed by atoms with Crippen molar-refractivity contribution >= 4 is 27.3 Å². The second-order valence-corrected chi connectivity index (χ2v) is 6.13. The molecular weight excluding hydrogens is 295 g/mol. The van der Waals surface area contributed by atoms with Crippen molar-refractivity contribution < 1.29 is 17.6 Å². The van der Waals surface area contributed by atoms with E-state index >= 15 is 0 Å². The molecule has 110 valence electrons. The highest BCUT2D eigenvalue weighted by molar-refractivity contribution is 7.92. The molecule has 7 heteroatoms. The van der Waals surface area contributed by atoms with Crippen molar-refractivity contribution in [1.82, 2.24) is 0 Å². The molecule has 21 heavy (non-hydrogen) atoms. The number of sulfonamides is 1. The van der Waals surface area contributed by atoms with E-state index in [4.69, 9.17) is 0 Å². The first-order valence-corrected chi connectivity index (χ1v) is 7.88. The summed E-state index contributed by atoms with van der Waals surface area (Å²) in [5.41, 5.74) is 0.593. The van der Waals surface area contributed by atoms with Gasteiger partial charge in [-0.25, -0.2) is 12.8 Å². The van der Waals surface area contributed by atoms with E-state index in [1.165, 1.54) is 36.4 Å². The van der Waals surface area contributed by atoms with Crippen LogP contribution in [-0.2, 0) is 10.0 Å². The van der Waals surface area contributed by atoms with Crippen LogP contribution in [0, 0.1) is 5.82 Å². The zero-order valence-corrected chi connectivity index (χ0v) is 11.9. The Bertz CT molecular complexity index is 775. The first-order valence-electron chi connectivity index (χ1n) is 5.99. The number of nitrogens with one attached hydrogen (secondary N) is 2. The molecule has 0 aliphatic rings. The molecule has 0 aliphatic carbocycles. The van der Waals surface area contributed by atoms with Gasteiger partial charge in [0.2, 0.25) is 10.0 Å². The van der Waals surface area contributed by atoms with Gasteiger partial charge >= 0.3 is 0 Å². The van der Waals surface area contributed by atoms with Crippen molar-refractivity contribution in [2.75, 3.05) is 16.3 Å². The van der Waals surface area contributed by atoms with Crippen LogP contribution in [0.4, 0.5) is 15.8 Å². The van der Waals surface area contributed by atoms with Gasteiger partial charge in [0.05, 0.1) is 17.5 Å². The lowest BCUT2D eigenvalue weighted by molar-refractivity contribution is 0.102. The SMILES string of the molecule is CS(=O)(=O)Nc1ccccc1C(=O)Nc1cccc(F)c1. The fourth-order valence-corrected chi connectivity index (χ4v) is 2.31. The monoisotopic (exact) mass is 308 g/mol. The molecule has 2 aromatic carbocycles. The van der Waals surface area contributed by atoms with E-state index in [9.17, 15) is 17.6 Å². The van der Waals surface area contributed by atoms with Gasteiger partial charge in [0.1, 0.15) is 5.82 Å². The lowest BCUT2D eigenvalue weighted by Crippen LogP contribution is -2.17. The molecule has 0 aliphatic heterocycles. The van der Waals surface area contributed by atoms with Gasteiger partial charge < -0.3 is 5.32 Å². The minimum Gasteiger partial charge on any atom is -0.322 e. The second-order valence-electron chi connectivity index (χ2n) is 4.38. The number of rotatable bonds is 4. The minimum atomic E-state index is -3.50. The normalized spacial score (nSPS) is 11.0. The highest BCUT2D eigenvalue weighted by Crippen LogP contribution is 2.18. The molecule has 0 atom stereocenters. The largest absolute Gasteiger partial charge is 0.322 e. The molecule has 0 saturated carbocycles. The Morgan fingerprint density at radius 2 is 1.81 bits per heavy atom. The molecule has 2 rings (SSSR count). The van der Waals surface area contributed by atoms with Crippen molar-refractivity contribution in [3.05, 3.63) is 59.9 Å². The van der Waals surface area contributed by atoms with Gasteiger partial charge in [0.15, 0.2) is 0 Å². The standard InChI is InChI=1S/C14H13FN2O3S/c1-21(19,20)17-13-8-3-2-7-12(13)14(18)16-11-6-4-5-10(15)9-11/h2-9,17H,1H3,(H,16,18). The van der Waals surface area contributed by atoms with E-state index in [1.54, 1.807) is 12.1 Å². The van der Waals surface area contributed by atoms with Crippen LogP contribution >= 0.6 is 0 Å². The zero-order chi connectivity index (χ0) is 15.5. The molecule has 0 saturated heterocycles. The maximum absolute atomic E-state index is 13.1. The Morgan fingerprint density at radius 3 is 2.48 bits per heavy atom. The fourth-order valence-electron chi connectivity index (χ4n) is 1.73. The van der Waals surface area contributed by atoms with Crippen molar-refractivity contribution in [3.63, 3.8) is 0 Å². The van der Waals surface area contributed by atoms with E-state index in [0.29, 0.717) is 0 Å². The van der Waals surface area contributed by atoms with Gasteiger partial charge in [0, 0.05) is 5.69 Å². The summed E-state index contributed by atoms with van der Waals surface area (Å²) in [7, 11) is -3.50. The first-order chi connectivity index (χ1) is 9.85. The molecule has 0 fully saturated rings. The van der Waals surface area contributed by atoms with Crippen LogP contribution in [0.5, 0.6) is 0 Å². The molecule has 0 bridgehead atoms. The van der Waals surface area contributed by atoms with Crippen molar-refractivity contribution in [1.29, 1.82) is 0 Å². The summed E-state index contributed by atoms with van der Waals surface area (Å²) in [6.07, 6.45) is 0.994. The van der Waals surface area contributed by atoms with Crippen LogP contribution in [0.2, 0.25) is 0 Å². The third-order valence-electron chi connectivity index (χ3n) is 2.55. The molecular formula is C14H13FN2O3S. The summed E-state index contributed by atoms with van der Waals surface area (Å²) < 4.78 is 37.9. The summed E-state index contributed by atoms with van der Waals surface area (Å²) in [5.74, 6) is -1.01. The summed E-state index contributed by atoms with van der Waals surface area (Å²) in [4.78, 5) is 12.2. The average Bonchev–Trinajstić information content (AvgIpc) is 2.37. The first kappa shape index (κ1) is 15.0. The number of anilines is 2. The van der Waals surface area contributed by atoms with E-state index in [2.05, 4.69) is 10.0 Å². The lowest BCUT2D eigenvalue weighted by atomic mass is 10.1. The molecule has 0 heterocycles. The van der Waals surface area contributed by atoms with Gasteiger partial charge in [0.25, 0.3) is 5.91 Å². The Morgan fingerprint density at radius 1 is 1.10 bits per heavy atom. The van der Waals surface area contributed by atoms with E-state index < -0.39 is 21.7 Å². The van der Waals surface area contributed by atoms with Crippen LogP contribution in [0.25, 0.3) is 0 Å². The summed E-state index contributed by atoms with van der Waals surface area (Å²) in [6, 6.07) is 11.6. The number of hydrogen-bond donors (Lipinski definition) is 2. The number of amides is 1. The maximum atomic E-state index is 13.1. The van der Waals surface area contributed by atoms with Gasteiger partial charge in [-0.3, -0.25) is 9.52 Å². The fraction of sp³-hybridized carbons (Fsp3) is 0.0714. The Balaban J connectivity index is 2.27. The van der Waals surface area contributed by atoms with Crippen LogP contribution in [0.3, 0.4) is 0 Å². The quantitative estimate of drug-likeness (QED) is 0.911.